The number of nitrogens with two attached hydrogens (primary N) is 2. The fourth-order valence-corrected chi connectivity index (χ4v) is 3.83. The van der Waals surface area contributed by atoms with Crippen molar-refractivity contribution in [3.8, 4) is 0 Å². The number of fused-ring (bicyclic) bond motifs is 1. The van der Waals surface area contributed by atoms with E-state index in [-0.39, 0.29) is 6.04 Å². The molecule has 90 valence electrons. The Kier molecular flexibility index (Phi) is 1.84. The molecule has 2 aromatic carbocycles. The third-order valence-corrected chi connectivity index (χ3v) is 4.54. The summed E-state index contributed by atoms with van der Waals surface area (Å²) < 4.78 is 0. The van der Waals surface area contributed by atoms with E-state index in [1.54, 1.807) is 0 Å². The fourth-order valence-electron chi connectivity index (χ4n) is 3.83. The molecule has 2 bridgehead atoms. The Morgan fingerprint density at radius 2 is 1.39 bits per heavy atom. The van der Waals surface area contributed by atoms with Gasteiger partial charge in [0.25, 0.3) is 0 Å². The third kappa shape index (κ3) is 1.05. The van der Waals surface area contributed by atoms with Crippen LogP contribution in [0.2, 0.25) is 0 Å². The maximum Gasteiger partial charge on any atom is 0.0686 e. The summed E-state index contributed by atoms with van der Waals surface area (Å²) in [6.07, 6.45) is 0.839. The zero-order chi connectivity index (χ0) is 12.3. The number of rotatable bonds is 0. The second kappa shape index (κ2) is 3.22. The van der Waals surface area contributed by atoms with Gasteiger partial charge < -0.3 is 11.5 Å². The van der Waals surface area contributed by atoms with E-state index in [1.165, 1.54) is 22.3 Å². The highest BCUT2D eigenvalue weighted by molar-refractivity contribution is 5.59. The van der Waals surface area contributed by atoms with Gasteiger partial charge in [0.2, 0.25) is 0 Å². The van der Waals surface area contributed by atoms with Crippen molar-refractivity contribution in [1.82, 2.24) is 0 Å². The van der Waals surface area contributed by atoms with Gasteiger partial charge in [-0.2, -0.15) is 0 Å². The van der Waals surface area contributed by atoms with E-state index in [2.05, 4.69) is 48.5 Å². The predicted octanol–water partition coefficient (Wildman–Crippen LogP) is 2.07. The Labute approximate surface area is 107 Å². The molecule has 2 heteroatoms. The molecule has 0 heterocycles. The van der Waals surface area contributed by atoms with Gasteiger partial charge in [0.1, 0.15) is 0 Å². The molecule has 3 aliphatic carbocycles. The van der Waals surface area contributed by atoms with E-state index in [0.29, 0.717) is 5.92 Å². The monoisotopic (exact) mass is 236 g/mol. The zero-order valence-electron chi connectivity index (χ0n) is 10.1. The molecule has 1 atom stereocenters. The summed E-state index contributed by atoms with van der Waals surface area (Å²) in [5, 5.41) is 0. The number of benzene rings is 2. The minimum Gasteiger partial charge on any atom is -0.327 e. The highest BCUT2D eigenvalue weighted by atomic mass is 14.8. The molecule has 0 aliphatic heterocycles. The molecule has 0 spiro atoms. The summed E-state index contributed by atoms with van der Waals surface area (Å²) in [4.78, 5) is 0. The van der Waals surface area contributed by atoms with Crippen molar-refractivity contribution in [2.75, 3.05) is 0 Å². The molecule has 2 nitrogen and oxygen atoms in total. The van der Waals surface area contributed by atoms with Crippen LogP contribution >= 0.6 is 0 Å². The van der Waals surface area contributed by atoms with Crippen LogP contribution in [0.5, 0.6) is 0 Å². The lowest BCUT2D eigenvalue weighted by atomic mass is 9.58. The van der Waals surface area contributed by atoms with E-state index in [4.69, 9.17) is 11.5 Å². The van der Waals surface area contributed by atoms with E-state index in [9.17, 15) is 0 Å². The lowest BCUT2D eigenvalue weighted by Crippen LogP contribution is -2.55. The molecule has 2 aromatic rings. The lowest BCUT2D eigenvalue weighted by molar-refractivity contribution is 0.341. The van der Waals surface area contributed by atoms with Crippen molar-refractivity contribution < 1.29 is 0 Å². The molecule has 3 aliphatic rings. The molecule has 0 amide bonds. The van der Waals surface area contributed by atoms with Gasteiger partial charge in [-0.15, -0.1) is 0 Å². The number of hydrogen-bond donors (Lipinski definition) is 2. The Morgan fingerprint density at radius 1 is 0.889 bits per heavy atom. The second-order valence-corrected chi connectivity index (χ2v) is 5.49. The highest BCUT2D eigenvalue weighted by Crippen LogP contribution is 2.52. The maximum atomic E-state index is 6.73. The second-order valence-electron chi connectivity index (χ2n) is 5.49. The quantitative estimate of drug-likeness (QED) is 0.735. The van der Waals surface area contributed by atoms with Gasteiger partial charge in [0, 0.05) is 12.0 Å². The van der Waals surface area contributed by atoms with Crippen LogP contribution in [0.3, 0.4) is 0 Å². The molecule has 0 radical (unpaired) electrons. The van der Waals surface area contributed by atoms with E-state index in [1.807, 2.05) is 0 Å². The topological polar surface area (TPSA) is 52.0 Å². The summed E-state index contributed by atoms with van der Waals surface area (Å²) in [6, 6.07) is 17.1. The normalized spacial score (nSPS) is 31.9. The van der Waals surface area contributed by atoms with Crippen LogP contribution in [0, 0.1) is 0 Å². The van der Waals surface area contributed by atoms with Crippen LogP contribution < -0.4 is 11.5 Å². The Bertz CT molecular complexity index is 585. The van der Waals surface area contributed by atoms with E-state index in [0.717, 1.165) is 6.42 Å². The first kappa shape index (κ1) is 10.3. The van der Waals surface area contributed by atoms with Gasteiger partial charge >= 0.3 is 0 Å². The van der Waals surface area contributed by atoms with Crippen LogP contribution in [0.15, 0.2) is 48.5 Å². The van der Waals surface area contributed by atoms with Crippen LogP contribution in [-0.2, 0) is 5.54 Å². The third-order valence-electron chi connectivity index (χ3n) is 4.54. The van der Waals surface area contributed by atoms with Crippen molar-refractivity contribution in [3.05, 3.63) is 70.8 Å². The molecular weight excluding hydrogens is 220 g/mol. The number of hydrogen-bond acceptors (Lipinski definition) is 2. The summed E-state index contributed by atoms with van der Waals surface area (Å²) in [5.41, 5.74) is 17.8. The van der Waals surface area contributed by atoms with Crippen molar-refractivity contribution in [3.63, 3.8) is 0 Å². The molecule has 0 saturated carbocycles. The van der Waals surface area contributed by atoms with Gasteiger partial charge in [-0.1, -0.05) is 48.5 Å². The Morgan fingerprint density at radius 3 is 1.94 bits per heavy atom. The van der Waals surface area contributed by atoms with Crippen molar-refractivity contribution in [2.45, 2.75) is 23.9 Å². The predicted molar refractivity (Wildman–Crippen MR) is 72.3 cm³/mol. The van der Waals surface area contributed by atoms with E-state index < -0.39 is 5.54 Å². The Balaban J connectivity index is 2.11. The highest BCUT2D eigenvalue weighted by Gasteiger charge is 2.49. The average Bonchev–Trinajstić information content (AvgIpc) is 2.39. The van der Waals surface area contributed by atoms with Crippen molar-refractivity contribution >= 4 is 0 Å². The molecule has 5 rings (SSSR count). The summed E-state index contributed by atoms with van der Waals surface area (Å²) in [5.74, 6) is 0.308. The first-order chi connectivity index (χ1) is 8.72. The SMILES string of the molecule is N[C@@H]1CC2(N)c3ccccc3C1c1ccccc12. The van der Waals surface area contributed by atoms with Gasteiger partial charge in [-0.25, -0.2) is 0 Å². The zero-order valence-corrected chi connectivity index (χ0v) is 10.1. The summed E-state index contributed by atoms with van der Waals surface area (Å²) in [7, 11) is 0. The van der Waals surface area contributed by atoms with Gasteiger partial charge in [-0.05, 0) is 28.7 Å². The van der Waals surface area contributed by atoms with Crippen molar-refractivity contribution in [1.29, 1.82) is 0 Å². The minimum atomic E-state index is -0.401. The average molecular weight is 236 g/mol. The first-order valence-electron chi connectivity index (χ1n) is 6.45. The fraction of sp³-hybridized carbons (Fsp3) is 0.250. The summed E-state index contributed by atoms with van der Waals surface area (Å²) >= 11 is 0. The van der Waals surface area contributed by atoms with Crippen LogP contribution in [-0.4, -0.2) is 6.04 Å². The van der Waals surface area contributed by atoms with Gasteiger partial charge in [0.05, 0.1) is 5.54 Å². The maximum absolute atomic E-state index is 6.73. The summed E-state index contributed by atoms with van der Waals surface area (Å²) in [6.45, 7) is 0. The molecule has 4 N–H and O–H groups in total. The lowest BCUT2D eigenvalue weighted by Gasteiger charge is -2.50. The largest absolute Gasteiger partial charge is 0.327 e. The van der Waals surface area contributed by atoms with Gasteiger partial charge in [0.15, 0.2) is 0 Å². The van der Waals surface area contributed by atoms with Crippen molar-refractivity contribution in [2.24, 2.45) is 11.5 Å². The molecule has 0 aromatic heterocycles. The van der Waals surface area contributed by atoms with Crippen LogP contribution in [0.25, 0.3) is 0 Å². The first-order valence-corrected chi connectivity index (χ1v) is 6.45. The standard InChI is InChI=1S/C16H16N2/c17-14-9-16(18)12-7-3-1-5-10(12)15(14)11-6-2-4-8-13(11)16/h1-8,14-15H,9,17-18H2/t14-,15?,16?/m1/s1. The van der Waals surface area contributed by atoms with Crippen LogP contribution in [0.4, 0.5) is 0 Å². The molecule has 0 fully saturated rings. The Hall–Kier alpha value is -1.64. The minimum absolute atomic E-state index is 0.125. The van der Waals surface area contributed by atoms with Crippen LogP contribution in [0.1, 0.15) is 34.6 Å². The molecule has 0 saturated heterocycles. The smallest absolute Gasteiger partial charge is 0.0686 e. The molecular formula is C16H16N2. The molecule has 18 heavy (non-hydrogen) atoms. The molecule has 0 unspecified atom stereocenters. The van der Waals surface area contributed by atoms with Gasteiger partial charge in [-0.3, -0.25) is 0 Å². The van der Waals surface area contributed by atoms with E-state index >= 15 is 0 Å².